The maximum atomic E-state index is 4.43. The fraction of sp³-hybridized carbons (Fsp3) is 0.375. The molecule has 3 aromatic rings. The van der Waals surface area contributed by atoms with E-state index in [-0.39, 0.29) is 0 Å². The molecule has 2 aromatic heterocycles. The Hall–Kier alpha value is -3.19. The Morgan fingerprint density at radius 3 is 2.74 bits per heavy atom. The van der Waals surface area contributed by atoms with Crippen LogP contribution in [-0.4, -0.2) is 51.3 Å². The molecule has 0 spiro atoms. The molecule has 2 unspecified atom stereocenters. The second-order valence-corrected chi connectivity index (χ2v) is 8.07. The molecule has 0 radical (unpaired) electrons. The number of nitrogens with zero attached hydrogens (tertiary/aromatic N) is 5. The van der Waals surface area contributed by atoms with E-state index in [9.17, 15) is 0 Å². The van der Waals surface area contributed by atoms with Crippen molar-refractivity contribution >= 4 is 5.96 Å². The van der Waals surface area contributed by atoms with Crippen molar-refractivity contribution in [2.45, 2.75) is 44.9 Å². The third-order valence-electron chi connectivity index (χ3n) is 5.82. The van der Waals surface area contributed by atoms with Crippen LogP contribution >= 0.6 is 0 Å². The summed E-state index contributed by atoms with van der Waals surface area (Å²) in [4.78, 5) is 11.4. The second kappa shape index (κ2) is 10.2. The zero-order valence-electron chi connectivity index (χ0n) is 18.3. The van der Waals surface area contributed by atoms with E-state index in [0.29, 0.717) is 18.6 Å². The van der Waals surface area contributed by atoms with Crippen molar-refractivity contribution in [2.75, 3.05) is 13.6 Å². The van der Waals surface area contributed by atoms with E-state index in [2.05, 4.69) is 67.9 Å². The maximum Gasteiger partial charge on any atom is 0.191 e. The van der Waals surface area contributed by atoms with E-state index in [0.717, 1.165) is 43.3 Å². The van der Waals surface area contributed by atoms with Crippen LogP contribution in [0.5, 0.6) is 0 Å². The van der Waals surface area contributed by atoms with Crippen LogP contribution in [0.4, 0.5) is 0 Å². The molecule has 1 aliphatic heterocycles. The number of benzene rings is 1. The van der Waals surface area contributed by atoms with Crippen LogP contribution in [0.15, 0.2) is 72.1 Å². The number of rotatable bonds is 6. The van der Waals surface area contributed by atoms with Gasteiger partial charge in [0.15, 0.2) is 11.8 Å². The van der Waals surface area contributed by atoms with Crippen LogP contribution in [-0.2, 0) is 13.1 Å². The maximum absolute atomic E-state index is 4.43. The van der Waals surface area contributed by atoms with Gasteiger partial charge in [0.25, 0.3) is 0 Å². The molecule has 0 bridgehead atoms. The largest absolute Gasteiger partial charge is 0.354 e. The number of hydrogen-bond donors (Lipinski definition) is 2. The SMILES string of the molecule is CN=C(NCc1ccnc(-n2cccn2)c1)NC1CCN(Cc2ccccc2)C(C)C1. The van der Waals surface area contributed by atoms with Crippen LogP contribution in [0, 0.1) is 0 Å². The second-order valence-electron chi connectivity index (χ2n) is 8.07. The van der Waals surface area contributed by atoms with E-state index in [1.165, 1.54) is 5.56 Å². The lowest BCUT2D eigenvalue weighted by atomic mass is 9.97. The molecule has 1 saturated heterocycles. The summed E-state index contributed by atoms with van der Waals surface area (Å²) in [6.07, 6.45) is 7.67. The van der Waals surface area contributed by atoms with E-state index < -0.39 is 0 Å². The normalized spacial score (nSPS) is 19.9. The number of nitrogens with one attached hydrogen (secondary N) is 2. The third kappa shape index (κ3) is 5.70. The first kappa shape index (κ1) is 21.1. The molecule has 31 heavy (non-hydrogen) atoms. The van der Waals surface area contributed by atoms with Gasteiger partial charge in [0.05, 0.1) is 0 Å². The van der Waals surface area contributed by atoms with E-state index in [1.807, 2.05) is 37.6 Å². The van der Waals surface area contributed by atoms with Gasteiger partial charge < -0.3 is 10.6 Å². The molecule has 3 heterocycles. The Balaban J connectivity index is 1.28. The Kier molecular flexibility index (Phi) is 6.94. The molecular weight excluding hydrogens is 386 g/mol. The van der Waals surface area contributed by atoms with Crippen LogP contribution in [0.25, 0.3) is 5.82 Å². The average Bonchev–Trinajstić information content (AvgIpc) is 3.34. The Morgan fingerprint density at radius 1 is 1.13 bits per heavy atom. The summed E-state index contributed by atoms with van der Waals surface area (Å²) >= 11 is 0. The van der Waals surface area contributed by atoms with E-state index >= 15 is 0 Å². The van der Waals surface area contributed by atoms with Crippen molar-refractivity contribution in [1.82, 2.24) is 30.3 Å². The Labute approximate surface area is 184 Å². The third-order valence-corrected chi connectivity index (χ3v) is 5.82. The highest BCUT2D eigenvalue weighted by atomic mass is 15.3. The van der Waals surface area contributed by atoms with Crippen LogP contribution in [0.2, 0.25) is 0 Å². The highest BCUT2D eigenvalue weighted by Gasteiger charge is 2.25. The van der Waals surface area contributed by atoms with Gasteiger partial charge >= 0.3 is 0 Å². The zero-order chi connectivity index (χ0) is 21.5. The molecule has 0 aliphatic carbocycles. The fourth-order valence-corrected chi connectivity index (χ4v) is 4.08. The number of likely N-dealkylation sites (tertiary alicyclic amines) is 1. The van der Waals surface area contributed by atoms with E-state index in [4.69, 9.17) is 0 Å². The first-order chi connectivity index (χ1) is 15.2. The molecule has 1 aromatic carbocycles. The van der Waals surface area contributed by atoms with Gasteiger partial charge in [-0.25, -0.2) is 9.67 Å². The summed E-state index contributed by atoms with van der Waals surface area (Å²) in [7, 11) is 1.82. The minimum Gasteiger partial charge on any atom is -0.354 e. The van der Waals surface area contributed by atoms with Gasteiger partial charge in [-0.1, -0.05) is 30.3 Å². The fourth-order valence-electron chi connectivity index (χ4n) is 4.08. The minimum absolute atomic E-state index is 0.422. The summed E-state index contributed by atoms with van der Waals surface area (Å²) in [5.41, 5.74) is 2.51. The van der Waals surface area contributed by atoms with Crippen molar-refractivity contribution < 1.29 is 0 Å². The molecule has 162 valence electrons. The van der Waals surface area contributed by atoms with Gasteiger partial charge in [-0.15, -0.1) is 0 Å². The lowest BCUT2D eigenvalue weighted by molar-refractivity contribution is 0.134. The van der Waals surface area contributed by atoms with Gasteiger partial charge in [0.1, 0.15) is 0 Å². The van der Waals surface area contributed by atoms with Crippen molar-refractivity contribution in [2.24, 2.45) is 4.99 Å². The summed E-state index contributed by atoms with van der Waals surface area (Å²) < 4.78 is 1.77. The molecule has 0 amide bonds. The number of piperidine rings is 1. The highest BCUT2D eigenvalue weighted by molar-refractivity contribution is 5.80. The molecular formula is C24H31N7. The first-order valence-corrected chi connectivity index (χ1v) is 10.9. The van der Waals surface area contributed by atoms with Gasteiger partial charge in [0.2, 0.25) is 0 Å². The Bertz CT molecular complexity index is 969. The van der Waals surface area contributed by atoms with Crippen LogP contribution < -0.4 is 10.6 Å². The lowest BCUT2D eigenvalue weighted by Crippen LogP contribution is -2.51. The molecule has 2 atom stereocenters. The number of aromatic nitrogens is 3. The van der Waals surface area contributed by atoms with Crippen LogP contribution in [0.1, 0.15) is 30.9 Å². The van der Waals surface area contributed by atoms with Gasteiger partial charge in [0, 0.05) is 57.4 Å². The quantitative estimate of drug-likeness (QED) is 0.477. The predicted molar refractivity (Wildman–Crippen MR) is 124 cm³/mol. The highest BCUT2D eigenvalue weighted by Crippen LogP contribution is 2.20. The van der Waals surface area contributed by atoms with Crippen molar-refractivity contribution in [3.05, 3.63) is 78.2 Å². The van der Waals surface area contributed by atoms with Crippen molar-refractivity contribution in [3.63, 3.8) is 0 Å². The molecule has 1 fully saturated rings. The summed E-state index contributed by atoms with van der Waals surface area (Å²) in [6.45, 7) is 5.10. The topological polar surface area (TPSA) is 70.4 Å². The minimum atomic E-state index is 0.422. The standard InChI is InChI=1S/C24H31N7/c1-19-15-22(10-14-30(19)18-20-7-4-3-5-8-20)29-24(25-2)27-17-21-9-12-26-23(16-21)31-13-6-11-28-31/h3-9,11-13,16,19,22H,10,14-15,17-18H2,1-2H3,(H2,25,27,29). The van der Waals surface area contributed by atoms with Gasteiger partial charge in [-0.05, 0) is 49.1 Å². The number of hydrogen-bond acceptors (Lipinski definition) is 4. The predicted octanol–water partition coefficient (Wildman–Crippen LogP) is 2.99. The lowest BCUT2D eigenvalue weighted by Gasteiger charge is -2.38. The summed E-state index contributed by atoms with van der Waals surface area (Å²) in [6, 6.07) is 17.6. The first-order valence-electron chi connectivity index (χ1n) is 10.9. The molecule has 1 aliphatic rings. The van der Waals surface area contributed by atoms with Crippen molar-refractivity contribution in [1.29, 1.82) is 0 Å². The smallest absolute Gasteiger partial charge is 0.191 e. The summed E-state index contributed by atoms with van der Waals surface area (Å²) in [5.74, 6) is 1.65. The number of pyridine rings is 1. The van der Waals surface area contributed by atoms with Crippen molar-refractivity contribution in [3.8, 4) is 5.82 Å². The molecule has 4 rings (SSSR count). The van der Waals surface area contributed by atoms with Crippen LogP contribution in [0.3, 0.4) is 0 Å². The van der Waals surface area contributed by atoms with Gasteiger partial charge in [-0.3, -0.25) is 9.89 Å². The molecule has 7 heteroatoms. The zero-order valence-corrected chi connectivity index (χ0v) is 18.3. The summed E-state index contributed by atoms with van der Waals surface area (Å²) in [5, 5.41) is 11.3. The number of guanidine groups is 1. The molecule has 0 saturated carbocycles. The molecule has 2 N–H and O–H groups in total. The van der Waals surface area contributed by atoms with E-state index in [1.54, 1.807) is 10.9 Å². The average molecular weight is 418 g/mol. The van der Waals surface area contributed by atoms with Gasteiger partial charge in [-0.2, -0.15) is 5.10 Å². The number of aliphatic imine (C=N–C) groups is 1. The Morgan fingerprint density at radius 2 is 2.00 bits per heavy atom. The monoisotopic (exact) mass is 417 g/mol. The molecule has 7 nitrogen and oxygen atoms in total.